The molecular formula is C12H17N3S. The van der Waals surface area contributed by atoms with Crippen LogP contribution in [0.3, 0.4) is 0 Å². The summed E-state index contributed by atoms with van der Waals surface area (Å²) in [6.07, 6.45) is 2.24. The van der Waals surface area contributed by atoms with Crippen molar-refractivity contribution < 1.29 is 0 Å². The highest BCUT2D eigenvalue weighted by Gasteiger charge is 2.05. The molecule has 0 aliphatic carbocycles. The van der Waals surface area contributed by atoms with Crippen LogP contribution in [0.2, 0.25) is 0 Å². The molecule has 0 unspecified atom stereocenters. The van der Waals surface area contributed by atoms with Gasteiger partial charge in [-0.1, -0.05) is 6.92 Å². The molecule has 0 amide bonds. The van der Waals surface area contributed by atoms with Crippen LogP contribution < -0.4 is 0 Å². The van der Waals surface area contributed by atoms with Crippen LogP contribution in [0, 0.1) is 13.8 Å². The van der Waals surface area contributed by atoms with Gasteiger partial charge in [0.2, 0.25) is 0 Å². The van der Waals surface area contributed by atoms with Gasteiger partial charge < -0.3 is 0 Å². The monoisotopic (exact) mass is 235 g/mol. The van der Waals surface area contributed by atoms with Crippen LogP contribution >= 0.6 is 11.3 Å². The Balaban J connectivity index is 2.11. The molecule has 2 aromatic rings. The molecule has 2 rings (SSSR count). The molecule has 0 saturated carbocycles. The number of aromatic nitrogens is 3. The van der Waals surface area contributed by atoms with E-state index < -0.39 is 0 Å². The van der Waals surface area contributed by atoms with Crippen molar-refractivity contribution in [1.29, 1.82) is 0 Å². The number of aryl methyl sites for hydroxylation is 3. The van der Waals surface area contributed by atoms with Gasteiger partial charge in [-0.25, -0.2) is 4.98 Å². The van der Waals surface area contributed by atoms with Crippen LogP contribution in [0.5, 0.6) is 0 Å². The van der Waals surface area contributed by atoms with E-state index in [4.69, 9.17) is 0 Å². The molecule has 3 nitrogen and oxygen atoms in total. The Hall–Kier alpha value is -1.16. The second-order valence-corrected chi connectivity index (χ2v) is 5.01. The van der Waals surface area contributed by atoms with Gasteiger partial charge in [0.25, 0.3) is 0 Å². The van der Waals surface area contributed by atoms with Gasteiger partial charge >= 0.3 is 0 Å². The summed E-state index contributed by atoms with van der Waals surface area (Å²) in [6.45, 7) is 7.08. The molecule has 2 heterocycles. The Kier molecular flexibility index (Phi) is 3.39. The minimum Gasteiger partial charge on any atom is -0.264 e. The number of nitrogens with zero attached hydrogens (tertiary/aromatic N) is 3. The van der Waals surface area contributed by atoms with Gasteiger partial charge in [-0.05, 0) is 32.8 Å². The van der Waals surface area contributed by atoms with Crippen LogP contribution in [-0.4, -0.2) is 14.8 Å². The Bertz CT molecular complexity index is 470. The molecule has 0 radical (unpaired) electrons. The first kappa shape index (κ1) is 11.3. The first-order valence-electron chi connectivity index (χ1n) is 5.63. The van der Waals surface area contributed by atoms with E-state index in [9.17, 15) is 0 Å². The lowest BCUT2D eigenvalue weighted by molar-refractivity contribution is 0.647. The third-order valence-corrected chi connectivity index (χ3v) is 3.44. The fourth-order valence-electron chi connectivity index (χ4n) is 1.74. The van der Waals surface area contributed by atoms with E-state index in [-0.39, 0.29) is 0 Å². The maximum absolute atomic E-state index is 4.60. The molecule has 0 fully saturated rings. The number of thiazole rings is 1. The standard InChI is InChI=1S/C12H17N3S/c1-4-5-12-13-11(8-16-12)7-15-10(3)6-9(2)14-15/h6,8H,4-5,7H2,1-3H3. The minimum absolute atomic E-state index is 0.792. The SMILES string of the molecule is CCCc1nc(Cn2nc(C)cc2C)cs1. The molecule has 0 saturated heterocycles. The van der Waals surface area contributed by atoms with Gasteiger partial charge in [0.05, 0.1) is 22.9 Å². The maximum atomic E-state index is 4.60. The second-order valence-electron chi connectivity index (χ2n) is 4.07. The van der Waals surface area contributed by atoms with Gasteiger partial charge in [-0.15, -0.1) is 11.3 Å². The quantitative estimate of drug-likeness (QED) is 0.815. The topological polar surface area (TPSA) is 30.7 Å². The molecule has 0 N–H and O–H groups in total. The van der Waals surface area contributed by atoms with E-state index in [1.165, 1.54) is 10.7 Å². The summed E-state index contributed by atoms with van der Waals surface area (Å²) < 4.78 is 2.01. The first-order valence-corrected chi connectivity index (χ1v) is 6.51. The zero-order valence-corrected chi connectivity index (χ0v) is 10.8. The minimum atomic E-state index is 0.792. The van der Waals surface area contributed by atoms with Crippen LogP contribution in [0.4, 0.5) is 0 Å². The summed E-state index contributed by atoms with van der Waals surface area (Å²) in [4.78, 5) is 4.60. The number of hydrogen-bond acceptors (Lipinski definition) is 3. The smallest absolute Gasteiger partial charge is 0.0928 e. The first-order chi connectivity index (χ1) is 7.69. The van der Waals surface area contributed by atoms with E-state index >= 15 is 0 Å². The summed E-state index contributed by atoms with van der Waals surface area (Å²) in [5, 5.41) is 7.82. The van der Waals surface area contributed by atoms with Crippen molar-refractivity contribution in [3.05, 3.63) is 33.5 Å². The van der Waals surface area contributed by atoms with E-state index in [0.29, 0.717) is 0 Å². The highest BCUT2D eigenvalue weighted by Crippen LogP contribution is 2.13. The fraction of sp³-hybridized carbons (Fsp3) is 0.500. The van der Waals surface area contributed by atoms with Crippen molar-refractivity contribution in [3.63, 3.8) is 0 Å². The second kappa shape index (κ2) is 4.78. The Morgan fingerprint density at radius 3 is 2.81 bits per heavy atom. The molecule has 0 aliphatic rings. The van der Waals surface area contributed by atoms with E-state index in [1.54, 1.807) is 11.3 Å². The van der Waals surface area contributed by atoms with Gasteiger partial charge in [0.15, 0.2) is 0 Å². The van der Waals surface area contributed by atoms with Gasteiger partial charge in [0, 0.05) is 11.1 Å². The average Bonchev–Trinajstić information content (AvgIpc) is 2.76. The predicted molar refractivity (Wildman–Crippen MR) is 66.9 cm³/mol. The number of hydrogen-bond donors (Lipinski definition) is 0. The molecule has 0 aromatic carbocycles. The number of rotatable bonds is 4. The maximum Gasteiger partial charge on any atom is 0.0928 e. The largest absolute Gasteiger partial charge is 0.264 e. The van der Waals surface area contributed by atoms with E-state index in [2.05, 4.69) is 35.4 Å². The molecule has 0 atom stereocenters. The van der Waals surface area contributed by atoms with Gasteiger partial charge in [-0.2, -0.15) is 5.10 Å². The van der Waals surface area contributed by atoms with Gasteiger partial charge in [-0.3, -0.25) is 4.68 Å². The summed E-state index contributed by atoms with van der Waals surface area (Å²) in [5.74, 6) is 0. The van der Waals surface area contributed by atoms with Crippen molar-refractivity contribution in [1.82, 2.24) is 14.8 Å². The normalized spacial score (nSPS) is 10.9. The van der Waals surface area contributed by atoms with Crippen LogP contribution in [-0.2, 0) is 13.0 Å². The fourth-order valence-corrected chi connectivity index (χ4v) is 2.63. The molecular weight excluding hydrogens is 218 g/mol. The van der Waals surface area contributed by atoms with E-state index in [1.807, 2.05) is 11.6 Å². The summed E-state index contributed by atoms with van der Waals surface area (Å²) in [7, 11) is 0. The molecule has 16 heavy (non-hydrogen) atoms. The lowest BCUT2D eigenvalue weighted by atomic mass is 10.3. The molecule has 86 valence electrons. The Labute approximate surface area is 100 Å². The van der Waals surface area contributed by atoms with Crippen molar-refractivity contribution in [2.75, 3.05) is 0 Å². The zero-order chi connectivity index (χ0) is 11.5. The summed E-state index contributed by atoms with van der Waals surface area (Å²) >= 11 is 1.75. The van der Waals surface area contributed by atoms with Crippen molar-refractivity contribution >= 4 is 11.3 Å². The van der Waals surface area contributed by atoms with Crippen LogP contribution in [0.15, 0.2) is 11.4 Å². The van der Waals surface area contributed by atoms with Crippen molar-refractivity contribution in [2.45, 2.75) is 40.2 Å². The molecule has 2 aromatic heterocycles. The molecule has 0 aliphatic heterocycles. The highest BCUT2D eigenvalue weighted by molar-refractivity contribution is 7.09. The van der Waals surface area contributed by atoms with Crippen molar-refractivity contribution in [2.24, 2.45) is 0 Å². The average molecular weight is 235 g/mol. The lowest BCUT2D eigenvalue weighted by Crippen LogP contribution is -2.04. The Morgan fingerprint density at radius 1 is 1.38 bits per heavy atom. The Morgan fingerprint density at radius 2 is 2.19 bits per heavy atom. The summed E-state index contributed by atoms with van der Waals surface area (Å²) in [5.41, 5.74) is 3.39. The van der Waals surface area contributed by atoms with Crippen LogP contribution in [0.25, 0.3) is 0 Å². The van der Waals surface area contributed by atoms with E-state index in [0.717, 1.165) is 30.8 Å². The third kappa shape index (κ3) is 2.50. The van der Waals surface area contributed by atoms with Crippen LogP contribution in [0.1, 0.15) is 35.4 Å². The van der Waals surface area contributed by atoms with Crippen molar-refractivity contribution in [3.8, 4) is 0 Å². The zero-order valence-electron chi connectivity index (χ0n) is 10.0. The lowest BCUT2D eigenvalue weighted by Gasteiger charge is -2.00. The molecule has 0 bridgehead atoms. The molecule has 0 spiro atoms. The third-order valence-electron chi connectivity index (χ3n) is 2.48. The van der Waals surface area contributed by atoms with Gasteiger partial charge in [0.1, 0.15) is 0 Å². The molecule has 4 heteroatoms. The highest BCUT2D eigenvalue weighted by atomic mass is 32.1. The predicted octanol–water partition coefficient (Wildman–Crippen LogP) is 2.96. The summed E-state index contributed by atoms with van der Waals surface area (Å²) in [6, 6.07) is 2.10.